The third-order valence-corrected chi connectivity index (χ3v) is 5.56. The Balaban J connectivity index is 2.69. The summed E-state index contributed by atoms with van der Waals surface area (Å²) in [4.78, 5) is 2.31. The molecule has 0 amide bonds. The Labute approximate surface area is 80.5 Å². The second-order valence-electron chi connectivity index (χ2n) is 2.28. The van der Waals surface area contributed by atoms with Crippen LogP contribution in [0.3, 0.4) is 0 Å². The maximum atomic E-state index is 2.33. The maximum absolute atomic E-state index is 2.33. The summed E-state index contributed by atoms with van der Waals surface area (Å²) < 4.78 is 3.02. The molecule has 58 valence electrons. The summed E-state index contributed by atoms with van der Waals surface area (Å²) in [6.07, 6.45) is 0. The van der Waals surface area contributed by atoms with Crippen LogP contribution in [0.1, 0.15) is 0 Å². The van der Waals surface area contributed by atoms with Gasteiger partial charge in [0.25, 0.3) is 0 Å². The summed E-state index contributed by atoms with van der Waals surface area (Å²) in [6.45, 7) is 0. The molecule has 0 bridgehead atoms. The molecule has 0 atom stereocenters. The zero-order valence-corrected chi connectivity index (χ0v) is 9.15. The second-order valence-corrected chi connectivity index (χ2v) is 6.33. The second kappa shape index (κ2) is 3.11. The summed E-state index contributed by atoms with van der Waals surface area (Å²) in [7, 11) is 0. The van der Waals surface area contributed by atoms with Gasteiger partial charge in [-0.1, -0.05) is 0 Å². The Kier molecular flexibility index (Phi) is 2.13. The van der Waals surface area contributed by atoms with E-state index in [1.54, 1.807) is 2.88 Å². The van der Waals surface area contributed by atoms with E-state index >= 15 is 0 Å². The van der Waals surface area contributed by atoms with E-state index in [1.807, 2.05) is 11.3 Å². The Hall–Kier alpha value is -0.0900. The molecular weight excluding hydrogens is 267 g/mol. The number of alkyl halides is 1. The third-order valence-electron chi connectivity index (χ3n) is 1.58. The Morgan fingerprint density at radius 2 is 2.09 bits per heavy atom. The van der Waals surface area contributed by atoms with E-state index in [-0.39, 0.29) is 21.2 Å². The van der Waals surface area contributed by atoms with Crippen molar-refractivity contribution in [2.75, 3.05) is 4.93 Å². The molecule has 0 aliphatic heterocycles. The summed E-state index contributed by atoms with van der Waals surface area (Å²) >= 11 is 2.23. The number of fused-ring (bicyclic) bond motifs is 1. The molecular formula is C9H8IS-. The molecule has 0 radical (unpaired) electrons. The Morgan fingerprint density at radius 3 is 2.82 bits per heavy atom. The van der Waals surface area contributed by atoms with Crippen LogP contribution in [0.2, 0.25) is 0 Å². The van der Waals surface area contributed by atoms with E-state index in [2.05, 4.69) is 35.3 Å². The van der Waals surface area contributed by atoms with Crippen LogP contribution in [0.4, 0.5) is 0 Å². The molecule has 0 fully saturated rings. The fourth-order valence-electron chi connectivity index (χ4n) is 1.04. The van der Waals surface area contributed by atoms with Gasteiger partial charge in [0, 0.05) is 0 Å². The van der Waals surface area contributed by atoms with Gasteiger partial charge in [-0.2, -0.15) is 0 Å². The standard InChI is InChI=1S/C9H8IS/c1-10-9-6-7-4-2-3-5-8(7)11-9/h2-6H,1H3/q-1. The normalized spacial score (nSPS) is 11.0. The molecule has 0 saturated carbocycles. The van der Waals surface area contributed by atoms with E-state index < -0.39 is 0 Å². The molecule has 0 nitrogen and oxygen atoms in total. The molecule has 11 heavy (non-hydrogen) atoms. The zero-order chi connectivity index (χ0) is 7.68. The topological polar surface area (TPSA) is 0 Å². The number of rotatable bonds is 1. The van der Waals surface area contributed by atoms with Gasteiger partial charge in [-0.25, -0.2) is 0 Å². The zero-order valence-electron chi connectivity index (χ0n) is 6.17. The van der Waals surface area contributed by atoms with Gasteiger partial charge >= 0.3 is 80.8 Å². The van der Waals surface area contributed by atoms with Crippen LogP contribution in [0.25, 0.3) is 10.1 Å². The molecule has 1 aromatic carbocycles. The van der Waals surface area contributed by atoms with Crippen LogP contribution in [0.15, 0.2) is 30.3 Å². The quantitative estimate of drug-likeness (QED) is 0.499. The minimum absolute atomic E-state index is 0.280. The minimum atomic E-state index is 0.280. The van der Waals surface area contributed by atoms with Gasteiger partial charge in [-0.15, -0.1) is 0 Å². The van der Waals surface area contributed by atoms with Crippen molar-refractivity contribution in [1.29, 1.82) is 0 Å². The van der Waals surface area contributed by atoms with Crippen LogP contribution in [0, 0.1) is 2.88 Å². The van der Waals surface area contributed by atoms with E-state index in [0.717, 1.165) is 0 Å². The molecule has 0 aliphatic carbocycles. The molecule has 2 rings (SSSR count). The van der Waals surface area contributed by atoms with Gasteiger partial charge in [0.15, 0.2) is 0 Å². The van der Waals surface area contributed by atoms with Crippen molar-refractivity contribution >= 4 is 21.4 Å². The van der Waals surface area contributed by atoms with Crippen LogP contribution in [-0.2, 0) is 0 Å². The number of hydrogen-bond donors (Lipinski definition) is 0. The number of hydrogen-bond acceptors (Lipinski definition) is 1. The average molecular weight is 275 g/mol. The molecule has 0 spiro atoms. The Morgan fingerprint density at radius 1 is 1.27 bits per heavy atom. The molecule has 1 aromatic heterocycles. The van der Waals surface area contributed by atoms with Crippen LogP contribution < -0.4 is 21.2 Å². The molecule has 2 aromatic rings. The van der Waals surface area contributed by atoms with Crippen LogP contribution in [-0.4, -0.2) is 4.93 Å². The van der Waals surface area contributed by atoms with E-state index in [0.29, 0.717) is 0 Å². The SMILES string of the molecule is C[I-]c1cc2ccccc2s1. The molecule has 0 aliphatic rings. The van der Waals surface area contributed by atoms with Gasteiger partial charge in [-0.05, 0) is 0 Å². The summed E-state index contributed by atoms with van der Waals surface area (Å²) in [5.41, 5.74) is 0. The van der Waals surface area contributed by atoms with E-state index in [4.69, 9.17) is 0 Å². The first-order valence-corrected chi connectivity index (χ1v) is 7.43. The molecule has 0 N–H and O–H groups in total. The van der Waals surface area contributed by atoms with Gasteiger partial charge < -0.3 is 0 Å². The van der Waals surface area contributed by atoms with Crippen molar-refractivity contribution in [3.05, 3.63) is 33.2 Å². The molecule has 1 heterocycles. The predicted octanol–water partition coefficient (Wildman–Crippen LogP) is -0.210. The van der Waals surface area contributed by atoms with Crippen molar-refractivity contribution in [2.24, 2.45) is 0 Å². The summed E-state index contributed by atoms with van der Waals surface area (Å²) in [5.74, 6) is 0. The van der Waals surface area contributed by atoms with Crippen molar-refractivity contribution in [2.45, 2.75) is 0 Å². The van der Waals surface area contributed by atoms with E-state index in [9.17, 15) is 0 Å². The predicted molar refractivity (Wildman–Crippen MR) is 46.4 cm³/mol. The van der Waals surface area contributed by atoms with Gasteiger partial charge in [0.2, 0.25) is 0 Å². The fraction of sp³-hybridized carbons (Fsp3) is 0.111. The van der Waals surface area contributed by atoms with Gasteiger partial charge in [0.1, 0.15) is 0 Å². The molecule has 0 unspecified atom stereocenters. The van der Waals surface area contributed by atoms with Gasteiger partial charge in [0.05, 0.1) is 0 Å². The third kappa shape index (κ3) is 1.42. The monoisotopic (exact) mass is 275 g/mol. The van der Waals surface area contributed by atoms with Crippen LogP contribution in [0.5, 0.6) is 0 Å². The van der Waals surface area contributed by atoms with Crippen molar-refractivity contribution in [3.63, 3.8) is 0 Å². The first-order valence-electron chi connectivity index (χ1n) is 3.38. The van der Waals surface area contributed by atoms with Gasteiger partial charge in [-0.3, -0.25) is 0 Å². The van der Waals surface area contributed by atoms with Crippen molar-refractivity contribution < 1.29 is 21.2 Å². The number of thiophene rings is 1. The first-order chi connectivity index (χ1) is 5.40. The Bertz CT molecular complexity index is 331. The average Bonchev–Trinajstić information content (AvgIpc) is 2.46. The van der Waals surface area contributed by atoms with Crippen molar-refractivity contribution in [1.82, 2.24) is 0 Å². The number of halogens is 1. The number of benzene rings is 1. The fourth-order valence-corrected chi connectivity index (χ4v) is 3.93. The summed E-state index contributed by atoms with van der Waals surface area (Å²) in [6, 6.07) is 10.9. The molecule has 0 saturated heterocycles. The van der Waals surface area contributed by atoms with E-state index in [1.165, 1.54) is 10.1 Å². The summed E-state index contributed by atoms with van der Waals surface area (Å²) in [5, 5.41) is 1.41. The van der Waals surface area contributed by atoms with Crippen molar-refractivity contribution in [3.8, 4) is 0 Å². The first kappa shape index (κ1) is 7.55. The van der Waals surface area contributed by atoms with Crippen LogP contribution >= 0.6 is 11.3 Å². The molecule has 2 heteroatoms.